The van der Waals surface area contributed by atoms with E-state index in [9.17, 15) is 26.7 Å². The van der Waals surface area contributed by atoms with Crippen LogP contribution in [-0.4, -0.2) is 51.9 Å². The van der Waals surface area contributed by atoms with E-state index in [0.29, 0.717) is 5.69 Å². The molecule has 33 heavy (non-hydrogen) atoms. The van der Waals surface area contributed by atoms with Gasteiger partial charge in [0.15, 0.2) is 17.2 Å². The maximum Gasteiger partial charge on any atom is 0.417 e. The van der Waals surface area contributed by atoms with Crippen LogP contribution in [0, 0.1) is 24.5 Å². The highest BCUT2D eigenvalue weighted by Gasteiger charge is 2.66. The minimum atomic E-state index is -4.87. The minimum absolute atomic E-state index is 0.175. The van der Waals surface area contributed by atoms with Crippen LogP contribution in [0.25, 0.3) is 0 Å². The van der Waals surface area contributed by atoms with Gasteiger partial charge in [-0.05, 0) is 19.9 Å². The number of aryl methyl sites for hydroxylation is 2. The summed E-state index contributed by atoms with van der Waals surface area (Å²) in [4.78, 5) is 13.1. The fourth-order valence-corrected chi connectivity index (χ4v) is 4.05. The van der Waals surface area contributed by atoms with Crippen LogP contribution in [0.4, 0.5) is 27.6 Å². The van der Waals surface area contributed by atoms with Gasteiger partial charge < -0.3 is 19.9 Å². The van der Waals surface area contributed by atoms with Crippen molar-refractivity contribution in [1.82, 2.24) is 9.78 Å². The van der Waals surface area contributed by atoms with Crippen molar-refractivity contribution < 1.29 is 41.3 Å². The molecule has 182 valence electrons. The zero-order chi connectivity index (χ0) is 24.7. The lowest BCUT2D eigenvalue weighted by Crippen LogP contribution is -2.47. The molecule has 2 heterocycles. The van der Waals surface area contributed by atoms with E-state index in [1.165, 1.54) is 17.8 Å². The van der Waals surface area contributed by atoms with Crippen LogP contribution in [0.1, 0.15) is 31.0 Å². The summed E-state index contributed by atoms with van der Waals surface area (Å²) >= 11 is 0. The van der Waals surface area contributed by atoms with E-state index in [4.69, 9.17) is 14.6 Å². The van der Waals surface area contributed by atoms with E-state index in [1.54, 1.807) is 14.0 Å². The summed E-state index contributed by atoms with van der Waals surface area (Å²) in [5.41, 5.74) is -2.25. The molecule has 4 atom stereocenters. The molecular formula is C21H24F5N3O4. The van der Waals surface area contributed by atoms with Crippen molar-refractivity contribution in [2.24, 2.45) is 13.0 Å². The lowest BCUT2D eigenvalue weighted by Gasteiger charge is -2.32. The number of amides is 1. The number of benzene rings is 1. The van der Waals surface area contributed by atoms with E-state index in [1.807, 2.05) is 0 Å². The molecule has 2 N–H and O–H groups in total. The molecule has 0 unspecified atom stereocenters. The van der Waals surface area contributed by atoms with Crippen LogP contribution >= 0.6 is 0 Å². The number of aliphatic hydroxyl groups excluding tert-OH is 1. The Labute approximate surface area is 186 Å². The van der Waals surface area contributed by atoms with Crippen molar-refractivity contribution in [3.63, 3.8) is 0 Å². The monoisotopic (exact) mass is 477 g/mol. The van der Waals surface area contributed by atoms with Crippen molar-refractivity contribution >= 4 is 11.6 Å². The third-order valence-electron chi connectivity index (χ3n) is 5.98. The van der Waals surface area contributed by atoms with E-state index in [0.717, 1.165) is 19.1 Å². The summed E-state index contributed by atoms with van der Waals surface area (Å²) in [6.45, 7) is 2.65. The molecule has 7 nitrogen and oxygen atoms in total. The molecule has 0 bridgehead atoms. The first kappa shape index (κ1) is 24.9. The molecule has 1 aromatic heterocycles. The number of carbonyl (C=O) groups is 1. The predicted molar refractivity (Wildman–Crippen MR) is 107 cm³/mol. The number of aliphatic hydroxyl groups is 1. The zero-order valence-corrected chi connectivity index (χ0v) is 18.3. The Bertz CT molecular complexity index is 1040. The van der Waals surface area contributed by atoms with Crippen LogP contribution < -0.4 is 10.1 Å². The second kappa shape index (κ2) is 8.90. The Morgan fingerprint density at radius 1 is 1.36 bits per heavy atom. The normalized spacial score (nSPS) is 25.3. The second-order valence-electron chi connectivity index (χ2n) is 8.10. The van der Waals surface area contributed by atoms with Crippen LogP contribution in [-0.2, 0) is 16.6 Å². The summed E-state index contributed by atoms with van der Waals surface area (Å²) in [6.07, 6.45) is -5.11. The molecule has 0 spiro atoms. The Kier molecular flexibility index (Phi) is 6.72. The van der Waals surface area contributed by atoms with Gasteiger partial charge in [0, 0.05) is 30.6 Å². The third kappa shape index (κ3) is 4.41. The fourth-order valence-electron chi connectivity index (χ4n) is 4.05. The summed E-state index contributed by atoms with van der Waals surface area (Å²) in [5, 5.41) is 15.6. The smallest absolute Gasteiger partial charge is 0.417 e. The minimum Gasteiger partial charge on any atom is -0.488 e. The number of alkyl halides is 3. The largest absolute Gasteiger partial charge is 0.488 e. The summed E-state index contributed by atoms with van der Waals surface area (Å²) < 4.78 is 82.3. The van der Waals surface area contributed by atoms with Crippen molar-refractivity contribution in [3.05, 3.63) is 41.2 Å². The van der Waals surface area contributed by atoms with Gasteiger partial charge in [0.1, 0.15) is 12.7 Å². The molecule has 1 saturated heterocycles. The quantitative estimate of drug-likeness (QED) is 0.623. The lowest BCUT2D eigenvalue weighted by atomic mass is 9.77. The van der Waals surface area contributed by atoms with Crippen LogP contribution in [0.15, 0.2) is 18.3 Å². The second-order valence-corrected chi connectivity index (χ2v) is 8.10. The molecule has 12 heteroatoms. The Balaban J connectivity index is 2.10. The van der Waals surface area contributed by atoms with Crippen molar-refractivity contribution in [2.45, 2.75) is 44.6 Å². The Hall–Kier alpha value is -2.73. The average Bonchev–Trinajstić information content (AvgIpc) is 3.19. The van der Waals surface area contributed by atoms with Gasteiger partial charge in [-0.1, -0.05) is 13.0 Å². The van der Waals surface area contributed by atoms with Gasteiger partial charge in [-0.15, -0.1) is 0 Å². The van der Waals surface area contributed by atoms with Crippen molar-refractivity contribution in [1.29, 1.82) is 0 Å². The highest BCUT2D eigenvalue weighted by Crippen LogP contribution is 2.55. The van der Waals surface area contributed by atoms with Crippen LogP contribution in [0.2, 0.25) is 0 Å². The highest BCUT2D eigenvalue weighted by atomic mass is 19.4. The zero-order valence-electron chi connectivity index (χ0n) is 18.3. The molecule has 1 amide bonds. The fraction of sp³-hybridized carbons (Fsp3) is 0.524. The van der Waals surface area contributed by atoms with Gasteiger partial charge in [0.2, 0.25) is 5.82 Å². The van der Waals surface area contributed by atoms with Crippen molar-refractivity contribution in [3.8, 4) is 5.75 Å². The first-order chi connectivity index (χ1) is 15.3. The number of anilines is 1. The number of hydrogen-bond donors (Lipinski definition) is 2. The summed E-state index contributed by atoms with van der Waals surface area (Å²) in [5.74, 6) is -7.04. The standard InChI is InChI=1S/C21H24F5N3O4/c1-10-15(12-5-6-13(22)16(23)17(12)32-8-7-30)18(33-20(10,3)21(24,25)26)19(31)27-14-9-29(4)28-11(14)2/h5-6,9-10,15,18,30H,7-8H2,1-4H3,(H,27,31)/t10-,15-,18+,20+/m0/s1. The number of nitrogens with zero attached hydrogens (tertiary/aromatic N) is 2. The molecule has 0 radical (unpaired) electrons. The number of nitrogens with one attached hydrogen (secondary N) is 1. The highest BCUT2D eigenvalue weighted by molar-refractivity contribution is 5.95. The number of hydrogen-bond acceptors (Lipinski definition) is 5. The van der Waals surface area contributed by atoms with Gasteiger partial charge in [-0.25, -0.2) is 4.39 Å². The van der Waals surface area contributed by atoms with Gasteiger partial charge >= 0.3 is 6.18 Å². The summed E-state index contributed by atoms with van der Waals surface area (Å²) in [6, 6.07) is 1.81. The number of halogens is 5. The molecule has 1 aromatic carbocycles. The topological polar surface area (TPSA) is 85.6 Å². The first-order valence-electron chi connectivity index (χ1n) is 10.1. The van der Waals surface area contributed by atoms with Crippen LogP contribution in [0.5, 0.6) is 5.75 Å². The molecular weight excluding hydrogens is 453 g/mol. The Morgan fingerprint density at radius 2 is 2.03 bits per heavy atom. The number of ether oxygens (including phenoxy) is 2. The van der Waals surface area contributed by atoms with E-state index >= 15 is 0 Å². The third-order valence-corrected chi connectivity index (χ3v) is 5.98. The number of rotatable bonds is 6. The maximum atomic E-state index is 14.6. The van der Waals surface area contributed by atoms with Gasteiger partial charge in [0.05, 0.1) is 18.0 Å². The molecule has 1 aliphatic rings. The summed E-state index contributed by atoms with van der Waals surface area (Å²) in [7, 11) is 1.60. The van der Waals surface area contributed by atoms with E-state index in [2.05, 4.69) is 10.4 Å². The molecule has 1 fully saturated rings. The predicted octanol–water partition coefficient (Wildman–Crippen LogP) is 3.46. The van der Waals surface area contributed by atoms with Gasteiger partial charge in [-0.3, -0.25) is 9.48 Å². The molecule has 3 rings (SSSR count). The molecule has 0 aliphatic carbocycles. The van der Waals surface area contributed by atoms with Gasteiger partial charge in [0.25, 0.3) is 5.91 Å². The van der Waals surface area contributed by atoms with Crippen LogP contribution in [0.3, 0.4) is 0 Å². The van der Waals surface area contributed by atoms with Gasteiger partial charge in [-0.2, -0.15) is 22.7 Å². The molecule has 2 aromatic rings. The average molecular weight is 477 g/mol. The maximum absolute atomic E-state index is 14.6. The lowest BCUT2D eigenvalue weighted by molar-refractivity contribution is -0.272. The van der Waals surface area contributed by atoms with E-state index in [-0.39, 0.29) is 11.3 Å². The molecule has 0 saturated carbocycles. The Morgan fingerprint density at radius 3 is 2.58 bits per heavy atom. The van der Waals surface area contributed by atoms with Crippen molar-refractivity contribution in [2.75, 3.05) is 18.5 Å². The SMILES string of the molecule is Cc1nn(C)cc1NC(=O)[C@@H]1O[C@@](C)(C(F)(F)F)[C@@H](C)[C@H]1c1ccc(F)c(F)c1OCCO. The number of aromatic nitrogens is 2. The molecule has 1 aliphatic heterocycles. The van der Waals surface area contributed by atoms with E-state index < -0.39 is 66.2 Å². The number of carbonyl (C=O) groups excluding carboxylic acids is 1. The first-order valence-corrected chi connectivity index (χ1v) is 10.1.